The highest BCUT2D eigenvalue weighted by atomic mass is 16.2. The van der Waals surface area contributed by atoms with Crippen LogP contribution in [0.4, 0.5) is 5.95 Å². The van der Waals surface area contributed by atoms with Crippen LogP contribution in [0.2, 0.25) is 0 Å². The van der Waals surface area contributed by atoms with Crippen molar-refractivity contribution in [1.82, 2.24) is 9.55 Å². The van der Waals surface area contributed by atoms with Gasteiger partial charge in [0.05, 0.1) is 6.54 Å². The molecule has 0 unspecified atom stereocenters. The van der Waals surface area contributed by atoms with Crippen molar-refractivity contribution in [3.8, 4) is 0 Å². The van der Waals surface area contributed by atoms with Gasteiger partial charge in [-0.2, -0.15) is 0 Å². The number of hydrogen-bond donors (Lipinski definition) is 2. The molecule has 1 heterocycles. The van der Waals surface area contributed by atoms with E-state index in [-0.39, 0.29) is 11.5 Å². The molecule has 0 atom stereocenters. The first-order chi connectivity index (χ1) is 11.6. The van der Waals surface area contributed by atoms with Crippen molar-refractivity contribution in [1.29, 1.82) is 0 Å². The van der Waals surface area contributed by atoms with Gasteiger partial charge in [0.2, 0.25) is 11.9 Å². The first kappa shape index (κ1) is 15.5. The Balaban J connectivity index is 1.77. The molecular weight excluding hydrogens is 304 g/mol. The van der Waals surface area contributed by atoms with E-state index in [4.69, 9.17) is 5.73 Å². The van der Waals surface area contributed by atoms with Gasteiger partial charge in [-0.05, 0) is 23.8 Å². The Morgan fingerprint density at radius 2 is 1.79 bits per heavy atom. The molecule has 1 aromatic heterocycles. The van der Waals surface area contributed by atoms with Crippen LogP contribution in [-0.4, -0.2) is 21.4 Å². The van der Waals surface area contributed by atoms with E-state index in [0.717, 1.165) is 5.56 Å². The largest absolute Gasteiger partial charge is 0.366 e. The monoisotopic (exact) mass is 320 g/mol. The highest BCUT2D eigenvalue weighted by Gasteiger charge is 2.12. The lowest BCUT2D eigenvalue weighted by molar-refractivity contribution is 0.1000. The van der Waals surface area contributed by atoms with E-state index in [1.807, 2.05) is 34.9 Å². The number of carbonyl (C=O) groups excluding carboxylic acids is 2. The van der Waals surface area contributed by atoms with E-state index in [1.165, 1.54) is 6.07 Å². The van der Waals surface area contributed by atoms with Crippen molar-refractivity contribution >= 4 is 17.8 Å². The van der Waals surface area contributed by atoms with Crippen LogP contribution < -0.4 is 11.1 Å². The minimum atomic E-state index is -0.574. The first-order valence-electron chi connectivity index (χ1n) is 7.40. The lowest BCUT2D eigenvalue weighted by Crippen LogP contribution is -2.17. The molecule has 6 heteroatoms. The third-order valence-electron chi connectivity index (χ3n) is 3.55. The van der Waals surface area contributed by atoms with Gasteiger partial charge in [-0.25, -0.2) is 4.98 Å². The molecule has 0 aliphatic carbocycles. The lowest BCUT2D eigenvalue weighted by Gasteiger charge is -2.09. The van der Waals surface area contributed by atoms with Crippen LogP contribution in [0.5, 0.6) is 0 Å². The molecule has 0 fully saturated rings. The van der Waals surface area contributed by atoms with Crippen molar-refractivity contribution < 1.29 is 9.59 Å². The summed E-state index contributed by atoms with van der Waals surface area (Å²) in [5, 5.41) is 2.75. The minimum Gasteiger partial charge on any atom is -0.366 e. The average Bonchev–Trinajstić information content (AvgIpc) is 3.02. The Hall–Kier alpha value is -3.41. The van der Waals surface area contributed by atoms with Crippen molar-refractivity contribution in [2.24, 2.45) is 5.73 Å². The van der Waals surface area contributed by atoms with Gasteiger partial charge in [-0.15, -0.1) is 0 Å². The van der Waals surface area contributed by atoms with Crippen molar-refractivity contribution in [3.05, 3.63) is 83.7 Å². The van der Waals surface area contributed by atoms with E-state index in [9.17, 15) is 9.59 Å². The highest BCUT2D eigenvalue weighted by molar-refractivity contribution is 6.05. The van der Waals surface area contributed by atoms with Gasteiger partial charge < -0.3 is 10.3 Å². The van der Waals surface area contributed by atoms with Crippen molar-refractivity contribution in [2.45, 2.75) is 6.54 Å². The van der Waals surface area contributed by atoms with Gasteiger partial charge in [0.15, 0.2) is 0 Å². The molecule has 3 aromatic rings. The van der Waals surface area contributed by atoms with E-state index in [2.05, 4.69) is 10.3 Å². The number of aromatic nitrogens is 2. The first-order valence-corrected chi connectivity index (χ1v) is 7.40. The molecule has 0 radical (unpaired) electrons. The number of rotatable bonds is 5. The van der Waals surface area contributed by atoms with E-state index in [1.54, 1.807) is 30.6 Å². The molecule has 2 amide bonds. The molecule has 2 aromatic carbocycles. The quantitative estimate of drug-likeness (QED) is 0.755. The minimum absolute atomic E-state index is 0.287. The summed E-state index contributed by atoms with van der Waals surface area (Å²) in [4.78, 5) is 27.8. The number of amides is 2. The summed E-state index contributed by atoms with van der Waals surface area (Å²) in [7, 11) is 0. The summed E-state index contributed by atoms with van der Waals surface area (Å²) in [6.45, 7) is 0.595. The van der Waals surface area contributed by atoms with Crippen LogP contribution in [0, 0.1) is 0 Å². The molecule has 0 aliphatic rings. The summed E-state index contributed by atoms with van der Waals surface area (Å²) in [5.41, 5.74) is 6.98. The zero-order chi connectivity index (χ0) is 16.9. The van der Waals surface area contributed by atoms with Gasteiger partial charge in [-0.1, -0.05) is 36.4 Å². The molecular formula is C18H16N4O2. The maximum absolute atomic E-state index is 12.4. The Morgan fingerprint density at radius 3 is 2.54 bits per heavy atom. The van der Waals surface area contributed by atoms with E-state index >= 15 is 0 Å². The Kier molecular flexibility index (Phi) is 4.38. The summed E-state index contributed by atoms with van der Waals surface area (Å²) in [5.74, 6) is -0.484. The standard InChI is InChI=1S/C18H16N4O2/c19-16(23)14-7-4-8-15(11-14)17(24)21-18-20-9-10-22(18)12-13-5-2-1-3-6-13/h1-11H,12H2,(H2,19,23)(H,20,21,24). The van der Waals surface area contributed by atoms with Gasteiger partial charge in [-0.3, -0.25) is 14.9 Å². The molecule has 24 heavy (non-hydrogen) atoms. The zero-order valence-corrected chi connectivity index (χ0v) is 12.8. The van der Waals surface area contributed by atoms with E-state index in [0.29, 0.717) is 18.1 Å². The number of imidazole rings is 1. The molecule has 0 aliphatic heterocycles. The van der Waals surface area contributed by atoms with Crippen LogP contribution in [-0.2, 0) is 6.54 Å². The Bertz CT molecular complexity index is 871. The van der Waals surface area contributed by atoms with Crippen LogP contribution in [0.1, 0.15) is 26.3 Å². The molecule has 0 spiro atoms. The smallest absolute Gasteiger partial charge is 0.257 e. The predicted octanol–water partition coefficient (Wildman–Crippen LogP) is 2.28. The third kappa shape index (κ3) is 3.49. The normalized spacial score (nSPS) is 10.3. The summed E-state index contributed by atoms with van der Waals surface area (Å²) >= 11 is 0. The second kappa shape index (κ2) is 6.78. The van der Waals surface area contributed by atoms with E-state index < -0.39 is 5.91 Å². The molecule has 3 rings (SSSR count). The molecule has 3 N–H and O–H groups in total. The lowest BCUT2D eigenvalue weighted by atomic mass is 10.1. The Morgan fingerprint density at radius 1 is 1.04 bits per heavy atom. The van der Waals surface area contributed by atoms with Crippen LogP contribution in [0.25, 0.3) is 0 Å². The number of primary amides is 1. The number of carbonyl (C=O) groups is 2. The third-order valence-corrected chi connectivity index (χ3v) is 3.55. The van der Waals surface area contributed by atoms with Gasteiger partial charge in [0.25, 0.3) is 5.91 Å². The maximum Gasteiger partial charge on any atom is 0.257 e. The van der Waals surface area contributed by atoms with Gasteiger partial charge >= 0.3 is 0 Å². The molecule has 0 saturated carbocycles. The number of nitrogens with one attached hydrogen (secondary N) is 1. The Labute approximate surface area is 138 Å². The molecule has 6 nitrogen and oxygen atoms in total. The summed E-state index contributed by atoms with van der Waals surface area (Å²) < 4.78 is 1.84. The van der Waals surface area contributed by atoms with Gasteiger partial charge in [0.1, 0.15) is 0 Å². The molecule has 0 saturated heterocycles. The summed E-state index contributed by atoms with van der Waals surface area (Å²) in [6, 6.07) is 16.1. The fourth-order valence-electron chi connectivity index (χ4n) is 2.33. The fraction of sp³-hybridized carbons (Fsp3) is 0.0556. The maximum atomic E-state index is 12.4. The molecule has 0 bridgehead atoms. The molecule has 120 valence electrons. The van der Waals surface area contributed by atoms with Crippen LogP contribution >= 0.6 is 0 Å². The van der Waals surface area contributed by atoms with Crippen LogP contribution in [0.15, 0.2) is 67.0 Å². The number of hydrogen-bond acceptors (Lipinski definition) is 3. The average molecular weight is 320 g/mol. The number of nitrogens with two attached hydrogens (primary N) is 1. The number of nitrogens with zero attached hydrogens (tertiary/aromatic N) is 2. The zero-order valence-electron chi connectivity index (χ0n) is 12.8. The van der Waals surface area contributed by atoms with Crippen molar-refractivity contribution in [3.63, 3.8) is 0 Å². The second-order valence-electron chi connectivity index (χ2n) is 5.26. The van der Waals surface area contributed by atoms with Crippen molar-refractivity contribution in [2.75, 3.05) is 5.32 Å². The fourth-order valence-corrected chi connectivity index (χ4v) is 2.33. The summed E-state index contributed by atoms with van der Waals surface area (Å²) in [6.07, 6.45) is 3.42. The van der Waals surface area contributed by atoms with Crippen LogP contribution in [0.3, 0.4) is 0 Å². The topological polar surface area (TPSA) is 90.0 Å². The predicted molar refractivity (Wildman–Crippen MR) is 90.7 cm³/mol. The number of benzene rings is 2. The SMILES string of the molecule is NC(=O)c1cccc(C(=O)Nc2nccn2Cc2ccccc2)c1. The number of anilines is 1. The second-order valence-corrected chi connectivity index (χ2v) is 5.26. The highest BCUT2D eigenvalue weighted by Crippen LogP contribution is 2.12. The van der Waals surface area contributed by atoms with Gasteiger partial charge in [0, 0.05) is 23.5 Å².